The van der Waals surface area contributed by atoms with Gasteiger partial charge in [-0.25, -0.2) is 4.98 Å². The van der Waals surface area contributed by atoms with Crippen LogP contribution in [0.1, 0.15) is 93.6 Å². The number of benzene rings is 1. The molecule has 4 N–H and O–H groups in total. The molecule has 12 heteroatoms. The first-order valence-corrected chi connectivity index (χ1v) is 16.7. The Morgan fingerprint density at radius 3 is 2.13 bits per heavy atom. The molecular weight excluding hydrogens is 606 g/mol. The van der Waals surface area contributed by atoms with E-state index in [4.69, 9.17) is 0 Å². The zero-order chi connectivity index (χ0) is 34.8. The van der Waals surface area contributed by atoms with Crippen molar-refractivity contribution < 1.29 is 29.1 Å². The molecule has 1 aromatic carbocycles. The Balaban J connectivity index is 2.16. The van der Waals surface area contributed by atoms with Gasteiger partial charge in [0.15, 0.2) is 10.8 Å². The maximum atomic E-state index is 13.4. The van der Waals surface area contributed by atoms with Crippen LogP contribution in [-0.4, -0.2) is 82.7 Å². The van der Waals surface area contributed by atoms with Crippen molar-refractivity contribution in [2.24, 2.45) is 17.3 Å². The smallest absolute Gasteiger partial charge is 0.309 e. The van der Waals surface area contributed by atoms with Crippen LogP contribution in [-0.2, 0) is 20.8 Å². The van der Waals surface area contributed by atoms with Crippen LogP contribution in [0, 0.1) is 17.3 Å². The van der Waals surface area contributed by atoms with Crippen LogP contribution in [0.4, 0.5) is 0 Å². The van der Waals surface area contributed by atoms with E-state index in [0.717, 1.165) is 16.9 Å². The van der Waals surface area contributed by atoms with Crippen LogP contribution >= 0.6 is 11.3 Å². The number of likely N-dealkylation sites (N-methyl/N-ethyl adjacent to an activating group) is 1. The van der Waals surface area contributed by atoms with Gasteiger partial charge in [-0.15, -0.1) is 11.3 Å². The predicted molar refractivity (Wildman–Crippen MR) is 180 cm³/mol. The number of Topliss-reactive ketones (excluding diaryl/α,β-unsaturated/α-hetero) is 1. The van der Waals surface area contributed by atoms with Crippen molar-refractivity contribution >= 4 is 40.8 Å². The largest absolute Gasteiger partial charge is 0.481 e. The van der Waals surface area contributed by atoms with Crippen LogP contribution < -0.4 is 16.0 Å². The van der Waals surface area contributed by atoms with E-state index >= 15 is 0 Å². The maximum absolute atomic E-state index is 13.4. The van der Waals surface area contributed by atoms with Crippen LogP contribution in [0.25, 0.3) is 0 Å². The van der Waals surface area contributed by atoms with Gasteiger partial charge < -0.3 is 21.1 Å². The summed E-state index contributed by atoms with van der Waals surface area (Å²) in [7, 11) is 3.58. The fourth-order valence-corrected chi connectivity index (χ4v) is 5.51. The number of thiazole rings is 1. The summed E-state index contributed by atoms with van der Waals surface area (Å²) in [5.41, 5.74) is -0.0559. The zero-order valence-corrected chi connectivity index (χ0v) is 29.4. The van der Waals surface area contributed by atoms with Crippen molar-refractivity contribution in [2.75, 3.05) is 14.1 Å². The summed E-state index contributed by atoms with van der Waals surface area (Å²) in [6.45, 7) is 12.6. The van der Waals surface area contributed by atoms with Crippen molar-refractivity contribution in [2.45, 2.75) is 98.3 Å². The third kappa shape index (κ3) is 11.3. The molecule has 2 aromatic rings. The zero-order valence-electron chi connectivity index (χ0n) is 28.5. The first-order valence-electron chi connectivity index (χ1n) is 15.8. The molecule has 0 aliphatic rings. The molecular formula is C34H51N5O6S. The maximum Gasteiger partial charge on any atom is 0.309 e. The minimum absolute atomic E-state index is 0.0311. The molecule has 0 aliphatic heterocycles. The number of carbonyl (C=O) groups is 5. The van der Waals surface area contributed by atoms with E-state index in [1.165, 1.54) is 5.38 Å². The number of nitrogens with one attached hydrogen (secondary N) is 3. The lowest BCUT2D eigenvalue weighted by Gasteiger charge is -2.29. The highest BCUT2D eigenvalue weighted by Crippen LogP contribution is 2.25. The van der Waals surface area contributed by atoms with E-state index in [9.17, 15) is 29.1 Å². The number of aromatic nitrogens is 1. The molecule has 254 valence electrons. The first-order chi connectivity index (χ1) is 21.5. The number of carboxylic acid groups (broad SMARTS) is 1. The van der Waals surface area contributed by atoms with Crippen molar-refractivity contribution in [1.82, 2.24) is 25.8 Å². The third-order valence-corrected chi connectivity index (χ3v) is 9.34. The molecule has 2 rings (SSSR count). The second-order valence-corrected chi connectivity index (χ2v) is 14.1. The van der Waals surface area contributed by atoms with E-state index in [-0.39, 0.29) is 53.0 Å². The van der Waals surface area contributed by atoms with E-state index in [2.05, 4.69) is 20.9 Å². The van der Waals surface area contributed by atoms with Crippen LogP contribution in [0.2, 0.25) is 0 Å². The van der Waals surface area contributed by atoms with E-state index in [1.807, 2.05) is 58.0 Å². The van der Waals surface area contributed by atoms with Gasteiger partial charge in [0.05, 0.1) is 11.5 Å². The first kappa shape index (κ1) is 38.5. The van der Waals surface area contributed by atoms with E-state index in [1.54, 1.807) is 39.8 Å². The summed E-state index contributed by atoms with van der Waals surface area (Å²) in [6.07, 6.45) is 1.27. The van der Waals surface area contributed by atoms with E-state index in [0.29, 0.717) is 12.8 Å². The monoisotopic (exact) mass is 657 g/mol. The second-order valence-electron chi connectivity index (χ2n) is 13.3. The predicted octanol–water partition coefficient (Wildman–Crippen LogP) is 4.18. The Labute approximate surface area is 276 Å². The number of carboxylic acids is 1. The molecule has 5 atom stereocenters. The molecule has 0 bridgehead atoms. The van der Waals surface area contributed by atoms with Gasteiger partial charge in [-0.3, -0.25) is 28.9 Å². The number of nitrogens with zero attached hydrogens (tertiary/aromatic N) is 2. The van der Waals surface area contributed by atoms with Gasteiger partial charge >= 0.3 is 5.97 Å². The minimum atomic E-state index is -1.08. The Hall–Kier alpha value is -3.64. The van der Waals surface area contributed by atoms with Gasteiger partial charge in [0, 0.05) is 23.9 Å². The van der Waals surface area contributed by atoms with Crippen molar-refractivity contribution in [3.05, 3.63) is 52.0 Å². The molecule has 0 radical (unpaired) electrons. The molecule has 0 fully saturated rings. The molecule has 0 spiro atoms. The van der Waals surface area contributed by atoms with E-state index < -0.39 is 41.5 Å². The number of ketones is 1. The number of amides is 3. The van der Waals surface area contributed by atoms with Crippen LogP contribution in [0.15, 0.2) is 35.7 Å². The Kier molecular flexibility index (Phi) is 14.5. The van der Waals surface area contributed by atoms with Crippen molar-refractivity contribution in [3.8, 4) is 0 Å². The highest BCUT2D eigenvalue weighted by Gasteiger charge is 2.33. The van der Waals surface area contributed by atoms with Gasteiger partial charge in [-0.2, -0.15) is 0 Å². The van der Waals surface area contributed by atoms with Gasteiger partial charge in [0.25, 0.3) is 5.91 Å². The SMILES string of the molecule is CC[C@H](C)[C@H](NC(=O)[C@@H](C)N(C)C)C(=O)N[C@H](CC(=O)c1nc(C(=O)N[C@@H](Cc2ccccc2)CC(C)(C)C(=O)O)cs1)C(C)C. The van der Waals surface area contributed by atoms with Gasteiger partial charge in [-0.1, -0.05) is 64.4 Å². The summed E-state index contributed by atoms with van der Waals surface area (Å²) < 4.78 is 0. The lowest BCUT2D eigenvalue weighted by molar-refractivity contribution is -0.147. The topological polar surface area (TPSA) is 158 Å². The summed E-state index contributed by atoms with van der Waals surface area (Å²) in [5.74, 6) is -2.61. The third-order valence-electron chi connectivity index (χ3n) is 8.46. The normalized spacial score (nSPS) is 15.0. The molecule has 46 heavy (non-hydrogen) atoms. The minimum Gasteiger partial charge on any atom is -0.481 e. The van der Waals surface area contributed by atoms with Crippen molar-refractivity contribution in [1.29, 1.82) is 0 Å². The number of rotatable bonds is 18. The van der Waals surface area contributed by atoms with Gasteiger partial charge in [-0.05, 0) is 65.1 Å². The molecule has 0 unspecified atom stereocenters. The quantitative estimate of drug-likeness (QED) is 0.174. The summed E-state index contributed by atoms with van der Waals surface area (Å²) in [4.78, 5) is 70.6. The van der Waals surface area contributed by atoms with Gasteiger partial charge in [0.2, 0.25) is 11.8 Å². The average molecular weight is 658 g/mol. The van der Waals surface area contributed by atoms with Crippen molar-refractivity contribution in [3.63, 3.8) is 0 Å². The van der Waals surface area contributed by atoms with Crippen LogP contribution in [0.3, 0.4) is 0 Å². The Morgan fingerprint density at radius 1 is 0.957 bits per heavy atom. The number of hydrogen-bond acceptors (Lipinski definition) is 8. The molecule has 0 aliphatic carbocycles. The molecule has 11 nitrogen and oxygen atoms in total. The summed E-state index contributed by atoms with van der Waals surface area (Å²) >= 11 is 1.05. The fraction of sp³-hybridized carbons (Fsp3) is 0.588. The number of hydrogen-bond donors (Lipinski definition) is 4. The number of carbonyl (C=O) groups excluding carboxylic acids is 4. The highest BCUT2D eigenvalue weighted by atomic mass is 32.1. The molecule has 1 heterocycles. The summed E-state index contributed by atoms with van der Waals surface area (Å²) in [6, 6.07) is 7.29. The number of aliphatic carboxylic acids is 1. The fourth-order valence-electron chi connectivity index (χ4n) is 4.76. The molecule has 1 aromatic heterocycles. The molecule has 0 saturated carbocycles. The summed E-state index contributed by atoms with van der Waals surface area (Å²) in [5, 5.41) is 20.1. The van der Waals surface area contributed by atoms with Gasteiger partial charge in [0.1, 0.15) is 11.7 Å². The Bertz CT molecular complexity index is 1340. The van der Waals surface area contributed by atoms with Crippen LogP contribution in [0.5, 0.6) is 0 Å². The molecule has 0 saturated heterocycles. The lowest BCUT2D eigenvalue weighted by atomic mass is 9.84. The average Bonchev–Trinajstić information content (AvgIpc) is 3.49. The molecule has 3 amide bonds. The highest BCUT2D eigenvalue weighted by molar-refractivity contribution is 7.11. The Morgan fingerprint density at radius 2 is 1.59 bits per heavy atom. The lowest BCUT2D eigenvalue weighted by Crippen LogP contribution is -2.56. The second kappa shape index (κ2) is 17.3. The standard InChI is InChI=1S/C34H51N5O6S/c1-10-21(4)28(38-29(41)22(5)39(8)9)31(43)36-25(20(2)3)17-27(40)32-37-26(19-46-32)30(42)35-24(18-34(6,7)33(44)45)16-23-14-12-11-13-15-23/h11-15,19-22,24-25,28H,10,16-18H2,1-9H3,(H,35,42)(H,36,43)(H,38,41)(H,44,45)/t21-,22+,24-,25+,28-/m0/s1.